The fourth-order valence-electron chi connectivity index (χ4n) is 2.97. The first-order valence-electron chi connectivity index (χ1n) is 7.69. The Morgan fingerprint density at radius 3 is 2.77 bits per heavy atom. The Labute approximate surface area is 128 Å². The number of halogens is 2. The molecular formula is C17H18F2N2O. The van der Waals surface area contributed by atoms with Crippen molar-refractivity contribution in [2.75, 3.05) is 0 Å². The zero-order valence-electron chi connectivity index (χ0n) is 12.5. The summed E-state index contributed by atoms with van der Waals surface area (Å²) in [5.41, 5.74) is 1.94. The zero-order chi connectivity index (χ0) is 15.7. The molecule has 1 aliphatic heterocycles. The summed E-state index contributed by atoms with van der Waals surface area (Å²) in [7, 11) is 0. The lowest BCUT2D eigenvalue weighted by molar-refractivity contribution is 0.0982. The van der Waals surface area contributed by atoms with Crippen LogP contribution in [0.5, 0.6) is 0 Å². The second-order valence-electron chi connectivity index (χ2n) is 5.60. The molecule has 1 aliphatic rings. The van der Waals surface area contributed by atoms with Gasteiger partial charge in [0.15, 0.2) is 17.4 Å². The summed E-state index contributed by atoms with van der Waals surface area (Å²) in [5.74, 6) is -1.21. The number of ketones is 1. The molecule has 0 bridgehead atoms. The Bertz CT molecular complexity index is 722. The van der Waals surface area contributed by atoms with Gasteiger partial charge in [0.25, 0.3) is 0 Å². The van der Waals surface area contributed by atoms with Crippen LogP contribution in [0.2, 0.25) is 0 Å². The van der Waals surface area contributed by atoms with Gasteiger partial charge in [-0.1, -0.05) is 13.3 Å². The summed E-state index contributed by atoms with van der Waals surface area (Å²) in [5, 5.41) is 0. The van der Waals surface area contributed by atoms with E-state index in [-0.39, 0.29) is 5.78 Å². The fourth-order valence-corrected chi connectivity index (χ4v) is 2.97. The van der Waals surface area contributed by atoms with E-state index < -0.39 is 11.6 Å². The van der Waals surface area contributed by atoms with Crippen molar-refractivity contribution in [1.82, 2.24) is 9.55 Å². The number of benzene rings is 1. The molecule has 22 heavy (non-hydrogen) atoms. The number of aromatic nitrogens is 2. The molecule has 3 nitrogen and oxygen atoms in total. The maximum atomic E-state index is 13.5. The number of Topliss-reactive ketones (excluding diaryl/α,β-unsaturated/α-hetero) is 1. The number of hydrogen-bond acceptors (Lipinski definition) is 2. The lowest BCUT2D eigenvalue weighted by Crippen LogP contribution is -2.06. The minimum atomic E-state index is -0.896. The van der Waals surface area contributed by atoms with Gasteiger partial charge in [0.2, 0.25) is 0 Å². The lowest BCUT2D eigenvalue weighted by Gasteiger charge is -2.09. The van der Waals surface area contributed by atoms with Crippen molar-refractivity contribution >= 4 is 5.78 Å². The molecule has 0 aliphatic carbocycles. The number of rotatable bonds is 3. The minimum Gasteiger partial charge on any atom is -0.327 e. The van der Waals surface area contributed by atoms with Gasteiger partial charge >= 0.3 is 0 Å². The molecule has 0 radical (unpaired) electrons. The predicted octanol–water partition coefficient (Wildman–Crippen LogP) is 4.15. The second-order valence-corrected chi connectivity index (χ2v) is 5.60. The highest BCUT2D eigenvalue weighted by atomic mass is 19.2. The van der Waals surface area contributed by atoms with Crippen LogP contribution in [0.25, 0.3) is 11.4 Å². The largest absolute Gasteiger partial charge is 0.327 e. The van der Waals surface area contributed by atoms with E-state index in [4.69, 9.17) is 0 Å². The van der Waals surface area contributed by atoms with Crippen LogP contribution >= 0.6 is 0 Å². The Hall–Kier alpha value is -2.04. The molecule has 1 aromatic heterocycles. The molecule has 5 heteroatoms. The van der Waals surface area contributed by atoms with Crippen molar-refractivity contribution < 1.29 is 13.6 Å². The molecule has 0 atom stereocenters. The highest BCUT2D eigenvalue weighted by Crippen LogP contribution is 2.28. The first kappa shape index (κ1) is 14.9. The number of hydrogen-bond donors (Lipinski definition) is 0. The third-order valence-electron chi connectivity index (χ3n) is 4.13. The Kier molecular flexibility index (Phi) is 4.05. The lowest BCUT2D eigenvalue weighted by atomic mass is 10.1. The molecule has 0 fully saturated rings. The van der Waals surface area contributed by atoms with Gasteiger partial charge in [-0.3, -0.25) is 4.79 Å². The van der Waals surface area contributed by atoms with Crippen LogP contribution in [0.15, 0.2) is 18.2 Å². The first-order chi connectivity index (χ1) is 10.6. The summed E-state index contributed by atoms with van der Waals surface area (Å²) in [6.07, 6.45) is 4.31. The molecular weight excluding hydrogens is 286 g/mol. The summed E-state index contributed by atoms with van der Waals surface area (Å²) in [4.78, 5) is 16.6. The average molecular weight is 304 g/mol. The van der Waals surface area contributed by atoms with Gasteiger partial charge in [-0.05, 0) is 37.5 Å². The zero-order valence-corrected chi connectivity index (χ0v) is 12.5. The third-order valence-corrected chi connectivity index (χ3v) is 4.13. The SMILES string of the molecule is CCC(=O)c1nc(-c2ccc(F)c(F)c2)n2c1CCCCC2. The van der Waals surface area contributed by atoms with Crippen molar-refractivity contribution in [3.05, 3.63) is 41.2 Å². The maximum absolute atomic E-state index is 13.5. The molecule has 0 saturated carbocycles. The van der Waals surface area contributed by atoms with Crippen LogP contribution in [-0.2, 0) is 13.0 Å². The third kappa shape index (κ3) is 2.56. The maximum Gasteiger partial charge on any atom is 0.182 e. The van der Waals surface area contributed by atoms with Gasteiger partial charge < -0.3 is 4.57 Å². The average Bonchev–Trinajstić information content (AvgIpc) is 2.71. The van der Waals surface area contributed by atoms with Gasteiger partial charge in [0.05, 0.1) is 0 Å². The number of imidazole rings is 1. The van der Waals surface area contributed by atoms with E-state index in [0.29, 0.717) is 23.5 Å². The first-order valence-corrected chi connectivity index (χ1v) is 7.69. The van der Waals surface area contributed by atoms with Crippen LogP contribution in [0.4, 0.5) is 8.78 Å². The van der Waals surface area contributed by atoms with E-state index in [1.54, 1.807) is 0 Å². The highest BCUT2D eigenvalue weighted by molar-refractivity contribution is 5.96. The molecule has 2 aromatic rings. The van der Waals surface area contributed by atoms with Gasteiger partial charge in [0.1, 0.15) is 11.5 Å². The van der Waals surface area contributed by atoms with Gasteiger partial charge in [0, 0.05) is 24.2 Å². The minimum absolute atomic E-state index is 0.000478. The van der Waals surface area contributed by atoms with Crippen molar-refractivity contribution in [2.24, 2.45) is 0 Å². The molecule has 0 N–H and O–H groups in total. The molecule has 0 spiro atoms. The van der Waals surface area contributed by atoms with Crippen LogP contribution in [0, 0.1) is 11.6 Å². The molecule has 0 saturated heterocycles. The monoisotopic (exact) mass is 304 g/mol. The molecule has 0 unspecified atom stereocenters. The van der Waals surface area contributed by atoms with E-state index >= 15 is 0 Å². The molecule has 1 aromatic carbocycles. The molecule has 2 heterocycles. The van der Waals surface area contributed by atoms with Crippen molar-refractivity contribution in [3.8, 4) is 11.4 Å². The van der Waals surface area contributed by atoms with E-state index in [0.717, 1.165) is 50.1 Å². The van der Waals surface area contributed by atoms with Crippen LogP contribution in [0.1, 0.15) is 48.8 Å². The van der Waals surface area contributed by atoms with Crippen LogP contribution in [-0.4, -0.2) is 15.3 Å². The molecule has 0 amide bonds. The van der Waals surface area contributed by atoms with Crippen molar-refractivity contribution in [2.45, 2.75) is 45.6 Å². The second kappa shape index (κ2) is 5.99. The van der Waals surface area contributed by atoms with E-state index in [1.807, 2.05) is 11.5 Å². The fraction of sp³-hybridized carbons (Fsp3) is 0.412. The Balaban J connectivity index is 2.16. The van der Waals surface area contributed by atoms with Crippen molar-refractivity contribution in [3.63, 3.8) is 0 Å². The van der Waals surface area contributed by atoms with Gasteiger partial charge in [-0.25, -0.2) is 13.8 Å². The quantitative estimate of drug-likeness (QED) is 0.799. The summed E-state index contributed by atoms with van der Waals surface area (Å²) in [6.45, 7) is 2.57. The molecule has 3 rings (SSSR count). The van der Waals surface area contributed by atoms with Gasteiger partial charge in [-0.15, -0.1) is 0 Å². The van der Waals surface area contributed by atoms with E-state index in [9.17, 15) is 13.6 Å². The number of carbonyl (C=O) groups is 1. The van der Waals surface area contributed by atoms with Crippen LogP contribution in [0.3, 0.4) is 0 Å². The Morgan fingerprint density at radius 2 is 2.05 bits per heavy atom. The summed E-state index contributed by atoms with van der Waals surface area (Å²) >= 11 is 0. The highest BCUT2D eigenvalue weighted by Gasteiger charge is 2.23. The standard InChI is InChI=1S/C17H18F2N2O/c1-2-15(22)16-14-6-4-3-5-9-21(14)17(20-16)11-7-8-12(18)13(19)10-11/h7-8,10H,2-6,9H2,1H3. The van der Waals surface area contributed by atoms with Gasteiger partial charge in [-0.2, -0.15) is 0 Å². The van der Waals surface area contributed by atoms with Crippen LogP contribution < -0.4 is 0 Å². The van der Waals surface area contributed by atoms with E-state index in [1.165, 1.54) is 6.07 Å². The Morgan fingerprint density at radius 1 is 1.23 bits per heavy atom. The van der Waals surface area contributed by atoms with E-state index in [2.05, 4.69) is 4.98 Å². The molecule has 116 valence electrons. The number of fused-ring (bicyclic) bond motifs is 1. The van der Waals surface area contributed by atoms with Crippen molar-refractivity contribution in [1.29, 1.82) is 0 Å². The summed E-state index contributed by atoms with van der Waals surface area (Å²) in [6, 6.07) is 3.76. The summed E-state index contributed by atoms with van der Waals surface area (Å²) < 4.78 is 28.7. The number of nitrogens with zero attached hydrogens (tertiary/aromatic N) is 2. The normalized spacial score (nSPS) is 14.5. The number of carbonyl (C=O) groups excluding carboxylic acids is 1. The predicted molar refractivity (Wildman–Crippen MR) is 79.8 cm³/mol. The topological polar surface area (TPSA) is 34.9 Å². The smallest absolute Gasteiger partial charge is 0.182 e.